The first kappa shape index (κ1) is 29.3. The van der Waals surface area contributed by atoms with Crippen LogP contribution in [0.2, 0.25) is 0 Å². The molecule has 0 atom stereocenters. The molecule has 4 nitrogen and oxygen atoms in total. The Morgan fingerprint density at radius 3 is 1.86 bits per heavy atom. The number of rotatable bonds is 5. The van der Waals surface area contributed by atoms with Crippen LogP contribution in [0.5, 0.6) is 0 Å². The average molecular weight is 654 g/mol. The zero-order chi connectivity index (χ0) is 33.7. The molecule has 0 spiro atoms. The third-order valence-corrected chi connectivity index (χ3v) is 9.94. The topological polar surface area (TPSA) is 51.8 Å². The average Bonchev–Trinajstić information content (AvgIpc) is 3.60. The molecule has 0 fully saturated rings. The van der Waals surface area contributed by atoms with Crippen molar-refractivity contribution in [3.05, 3.63) is 170 Å². The van der Waals surface area contributed by atoms with E-state index >= 15 is 0 Å². The van der Waals surface area contributed by atoms with Crippen LogP contribution in [0.1, 0.15) is 18.7 Å². The normalized spacial score (nSPS) is 13.0. The molecule has 0 bridgehead atoms. The molecule has 0 amide bonds. The highest BCUT2D eigenvalue weighted by molar-refractivity contribution is 6.18. The zero-order valence-electron chi connectivity index (χ0n) is 27.8. The third kappa shape index (κ3) is 5.12. The van der Waals surface area contributed by atoms with Gasteiger partial charge in [0.1, 0.15) is 11.2 Å². The summed E-state index contributed by atoms with van der Waals surface area (Å²) in [4.78, 5) is 15.2. The van der Waals surface area contributed by atoms with Gasteiger partial charge in [-0.2, -0.15) is 0 Å². The van der Waals surface area contributed by atoms with Crippen molar-refractivity contribution >= 4 is 49.1 Å². The molecule has 0 unspecified atom stereocenters. The van der Waals surface area contributed by atoms with Crippen LogP contribution < -0.4 is 0 Å². The standard InChI is InChI=1S/C47H31N3O/c1-3-14-34(15-4-1)45-48-46(35-16-5-2-6-17-35)50-47(49-45)36-28-41(44-42(29-36)40-27-26-31-13-8-10-20-39(31)43(40)51-44)33-24-22-32(23-25-33)38-21-11-18-30-12-7-9-19-37(30)38/h1,3-5,7-29H,2,6H2. The lowest BCUT2D eigenvalue weighted by molar-refractivity contribution is 0.674. The van der Waals surface area contributed by atoms with Crippen molar-refractivity contribution in [2.45, 2.75) is 12.8 Å². The maximum Gasteiger partial charge on any atom is 0.164 e. The van der Waals surface area contributed by atoms with Crippen LogP contribution in [-0.2, 0) is 0 Å². The first-order valence-electron chi connectivity index (χ1n) is 17.4. The molecular weight excluding hydrogens is 623 g/mol. The molecule has 240 valence electrons. The first-order valence-corrected chi connectivity index (χ1v) is 17.4. The van der Waals surface area contributed by atoms with E-state index in [1.54, 1.807) is 0 Å². The van der Waals surface area contributed by atoms with E-state index in [1.165, 1.54) is 21.9 Å². The van der Waals surface area contributed by atoms with Gasteiger partial charge in [-0.25, -0.2) is 15.0 Å². The van der Waals surface area contributed by atoms with Gasteiger partial charge in [0.15, 0.2) is 17.5 Å². The molecule has 51 heavy (non-hydrogen) atoms. The van der Waals surface area contributed by atoms with Crippen molar-refractivity contribution in [1.82, 2.24) is 15.0 Å². The molecule has 0 saturated heterocycles. The summed E-state index contributed by atoms with van der Waals surface area (Å²) < 4.78 is 6.86. The van der Waals surface area contributed by atoms with E-state index in [2.05, 4.69) is 146 Å². The van der Waals surface area contributed by atoms with Crippen molar-refractivity contribution in [2.24, 2.45) is 0 Å². The second-order valence-electron chi connectivity index (χ2n) is 13.1. The Bertz CT molecular complexity index is 2840. The Labute approximate surface area is 295 Å². The summed E-state index contributed by atoms with van der Waals surface area (Å²) in [5, 5.41) is 6.80. The number of aromatic nitrogens is 3. The number of nitrogens with zero attached hydrogens (tertiary/aromatic N) is 3. The number of furan rings is 1. The Kier molecular flexibility index (Phi) is 6.91. The summed E-state index contributed by atoms with van der Waals surface area (Å²) in [5.41, 5.74) is 9.05. The predicted molar refractivity (Wildman–Crippen MR) is 210 cm³/mol. The van der Waals surface area contributed by atoms with Gasteiger partial charge in [-0.05, 0) is 63.9 Å². The van der Waals surface area contributed by atoms with Crippen LogP contribution in [0, 0.1) is 0 Å². The highest BCUT2D eigenvalue weighted by atomic mass is 16.3. The molecule has 1 aliphatic rings. The second kappa shape index (κ2) is 12.0. The number of fused-ring (bicyclic) bond motifs is 6. The fourth-order valence-electron chi connectivity index (χ4n) is 7.39. The Morgan fingerprint density at radius 2 is 1.08 bits per heavy atom. The zero-order valence-corrected chi connectivity index (χ0v) is 27.8. The van der Waals surface area contributed by atoms with Gasteiger partial charge in [0.2, 0.25) is 0 Å². The van der Waals surface area contributed by atoms with Crippen LogP contribution >= 0.6 is 0 Å². The van der Waals surface area contributed by atoms with E-state index in [9.17, 15) is 0 Å². The monoisotopic (exact) mass is 653 g/mol. The quantitative estimate of drug-likeness (QED) is 0.185. The lowest BCUT2D eigenvalue weighted by Crippen LogP contribution is -2.03. The van der Waals surface area contributed by atoms with Gasteiger partial charge >= 0.3 is 0 Å². The molecule has 0 N–H and O–H groups in total. The molecule has 0 aliphatic heterocycles. The van der Waals surface area contributed by atoms with Gasteiger partial charge < -0.3 is 4.42 Å². The van der Waals surface area contributed by atoms with Crippen LogP contribution in [0.15, 0.2) is 168 Å². The van der Waals surface area contributed by atoms with E-state index in [4.69, 9.17) is 19.4 Å². The summed E-state index contributed by atoms with van der Waals surface area (Å²) in [6, 6.07) is 51.1. The highest BCUT2D eigenvalue weighted by Crippen LogP contribution is 2.42. The fraction of sp³-hybridized carbons (Fsp3) is 0.0426. The van der Waals surface area contributed by atoms with Crippen molar-refractivity contribution in [2.75, 3.05) is 0 Å². The van der Waals surface area contributed by atoms with Crippen LogP contribution in [0.4, 0.5) is 0 Å². The first-order chi connectivity index (χ1) is 25.3. The number of allylic oxidation sites excluding steroid dienone is 4. The molecule has 1 aliphatic carbocycles. The van der Waals surface area contributed by atoms with Crippen molar-refractivity contribution in [3.63, 3.8) is 0 Å². The molecule has 10 rings (SSSR count). The molecular formula is C47H31N3O. The molecule has 2 aromatic heterocycles. The molecule has 0 radical (unpaired) electrons. The maximum absolute atomic E-state index is 6.86. The Morgan fingerprint density at radius 1 is 0.412 bits per heavy atom. The summed E-state index contributed by atoms with van der Waals surface area (Å²) in [6.07, 6.45) is 8.52. The van der Waals surface area contributed by atoms with E-state index in [1.807, 2.05) is 18.2 Å². The molecule has 4 heteroatoms. The molecule has 7 aromatic carbocycles. The van der Waals surface area contributed by atoms with Crippen LogP contribution in [-0.4, -0.2) is 15.0 Å². The van der Waals surface area contributed by atoms with Gasteiger partial charge in [0.05, 0.1) is 0 Å². The summed E-state index contributed by atoms with van der Waals surface area (Å²) in [5.74, 6) is 1.96. The van der Waals surface area contributed by atoms with Crippen molar-refractivity contribution in [1.29, 1.82) is 0 Å². The van der Waals surface area contributed by atoms with Crippen molar-refractivity contribution < 1.29 is 4.42 Å². The number of hydrogen-bond acceptors (Lipinski definition) is 4. The van der Waals surface area contributed by atoms with E-state index in [-0.39, 0.29) is 0 Å². The smallest absolute Gasteiger partial charge is 0.164 e. The Balaban J connectivity index is 1.21. The van der Waals surface area contributed by atoms with E-state index in [0.29, 0.717) is 17.5 Å². The van der Waals surface area contributed by atoms with Crippen LogP contribution in [0.3, 0.4) is 0 Å². The van der Waals surface area contributed by atoms with Gasteiger partial charge in [-0.1, -0.05) is 146 Å². The maximum atomic E-state index is 6.86. The predicted octanol–water partition coefficient (Wildman–Crippen LogP) is 12.5. The minimum Gasteiger partial charge on any atom is -0.455 e. The minimum absolute atomic E-state index is 0.629. The second-order valence-corrected chi connectivity index (χ2v) is 13.1. The molecule has 9 aromatic rings. The van der Waals surface area contributed by atoms with Gasteiger partial charge in [0, 0.05) is 38.4 Å². The van der Waals surface area contributed by atoms with Gasteiger partial charge in [-0.15, -0.1) is 0 Å². The van der Waals surface area contributed by atoms with Gasteiger partial charge in [0.25, 0.3) is 0 Å². The lowest BCUT2D eigenvalue weighted by Gasteiger charge is -2.12. The summed E-state index contributed by atoms with van der Waals surface area (Å²) in [6.45, 7) is 0. The molecule has 2 heterocycles. The fourth-order valence-corrected chi connectivity index (χ4v) is 7.39. The minimum atomic E-state index is 0.629. The summed E-state index contributed by atoms with van der Waals surface area (Å²) in [7, 11) is 0. The SMILES string of the molecule is C1=CC(c2nc(-c3ccccc3)nc(-c3cc(-c4ccc(-c5cccc6ccccc56)cc4)c4oc5c6ccccc6ccc5c4c3)n2)=CCC1. The third-order valence-electron chi connectivity index (χ3n) is 9.94. The van der Waals surface area contributed by atoms with E-state index < -0.39 is 0 Å². The highest BCUT2D eigenvalue weighted by Gasteiger charge is 2.20. The summed E-state index contributed by atoms with van der Waals surface area (Å²) >= 11 is 0. The molecule has 0 saturated carbocycles. The number of benzene rings is 7. The Hall–Kier alpha value is -6.65. The number of hydrogen-bond donors (Lipinski definition) is 0. The van der Waals surface area contributed by atoms with Crippen LogP contribution in [0.25, 0.3) is 94.1 Å². The largest absolute Gasteiger partial charge is 0.455 e. The lowest BCUT2D eigenvalue weighted by atomic mass is 9.94. The van der Waals surface area contributed by atoms with Crippen molar-refractivity contribution in [3.8, 4) is 45.0 Å². The van der Waals surface area contributed by atoms with Gasteiger partial charge in [-0.3, -0.25) is 0 Å². The van der Waals surface area contributed by atoms with E-state index in [0.717, 1.165) is 73.4 Å².